The van der Waals surface area contributed by atoms with Gasteiger partial charge in [-0.1, -0.05) is 47.0 Å². The molecule has 1 saturated carbocycles. The Morgan fingerprint density at radius 2 is 1.92 bits per heavy atom. The molecule has 3 nitrogen and oxygen atoms in total. The molecule has 134 valence electrons. The first-order chi connectivity index (χ1) is 12.2. The van der Waals surface area contributed by atoms with Crippen LogP contribution in [0.5, 0.6) is 11.5 Å². The molecular weight excluding hydrogens is 385 g/mol. The summed E-state index contributed by atoms with van der Waals surface area (Å²) < 4.78 is 26.3. The topological polar surface area (TPSA) is 30.5 Å². The largest absolute Gasteiger partial charge is 0.493 e. The van der Waals surface area contributed by atoms with Gasteiger partial charge in [-0.05, 0) is 31.0 Å². The van der Waals surface area contributed by atoms with E-state index >= 15 is 0 Å². The predicted octanol–water partition coefficient (Wildman–Crippen LogP) is 5.21. The molecule has 0 saturated heterocycles. The van der Waals surface area contributed by atoms with Gasteiger partial charge in [-0.25, -0.2) is 4.39 Å². The van der Waals surface area contributed by atoms with E-state index in [1.165, 1.54) is 31.7 Å². The Morgan fingerprint density at radius 1 is 1.16 bits per heavy atom. The summed E-state index contributed by atoms with van der Waals surface area (Å²) in [5.74, 6) is 1.05. The van der Waals surface area contributed by atoms with E-state index in [-0.39, 0.29) is 12.4 Å². The average Bonchev–Trinajstić information content (AvgIpc) is 3.14. The molecule has 5 heteroatoms. The SMILES string of the molecule is COc1ccc(Br)c(CNC2CCCC2)c1OCc1ccccc1F. The molecule has 1 aliphatic rings. The van der Waals surface area contributed by atoms with E-state index in [0.29, 0.717) is 29.6 Å². The monoisotopic (exact) mass is 407 g/mol. The van der Waals surface area contributed by atoms with Crippen molar-refractivity contribution < 1.29 is 13.9 Å². The third-order valence-electron chi connectivity index (χ3n) is 4.64. The van der Waals surface area contributed by atoms with E-state index in [1.54, 1.807) is 19.2 Å². The van der Waals surface area contributed by atoms with Crippen molar-refractivity contribution in [2.45, 2.75) is 44.9 Å². The maximum absolute atomic E-state index is 13.9. The Labute approximate surface area is 156 Å². The minimum absolute atomic E-state index is 0.163. The molecule has 0 atom stereocenters. The molecule has 0 aliphatic heterocycles. The summed E-state index contributed by atoms with van der Waals surface area (Å²) in [5.41, 5.74) is 1.53. The van der Waals surface area contributed by atoms with Crippen molar-refractivity contribution in [3.8, 4) is 11.5 Å². The zero-order valence-corrected chi connectivity index (χ0v) is 15.9. The van der Waals surface area contributed by atoms with Crippen molar-refractivity contribution in [2.75, 3.05) is 7.11 Å². The van der Waals surface area contributed by atoms with Gasteiger partial charge in [0.2, 0.25) is 0 Å². The Bertz CT molecular complexity index is 717. The van der Waals surface area contributed by atoms with Crippen LogP contribution in [0.15, 0.2) is 40.9 Å². The lowest BCUT2D eigenvalue weighted by atomic mass is 10.1. The standard InChI is InChI=1S/C20H23BrFNO2/c1-24-19-11-10-17(21)16(12-23-15-7-3-4-8-15)20(19)25-13-14-6-2-5-9-18(14)22/h2,5-6,9-11,15,23H,3-4,7-8,12-13H2,1H3. The number of hydrogen-bond acceptors (Lipinski definition) is 3. The lowest BCUT2D eigenvalue weighted by molar-refractivity contribution is 0.275. The van der Waals surface area contributed by atoms with Gasteiger partial charge in [-0.2, -0.15) is 0 Å². The summed E-state index contributed by atoms with van der Waals surface area (Å²) in [6.45, 7) is 0.852. The molecule has 0 aromatic heterocycles. The zero-order chi connectivity index (χ0) is 17.6. The first kappa shape index (κ1) is 18.2. The van der Waals surface area contributed by atoms with Crippen molar-refractivity contribution in [3.05, 3.63) is 57.8 Å². The summed E-state index contributed by atoms with van der Waals surface area (Å²) >= 11 is 3.61. The van der Waals surface area contributed by atoms with Crippen molar-refractivity contribution in [3.63, 3.8) is 0 Å². The quantitative estimate of drug-likeness (QED) is 0.683. The number of ether oxygens (including phenoxy) is 2. The molecule has 25 heavy (non-hydrogen) atoms. The van der Waals surface area contributed by atoms with E-state index in [1.807, 2.05) is 18.2 Å². The van der Waals surface area contributed by atoms with Crippen LogP contribution < -0.4 is 14.8 Å². The second-order valence-corrected chi connectivity index (χ2v) is 7.15. The van der Waals surface area contributed by atoms with E-state index in [2.05, 4.69) is 21.2 Å². The van der Waals surface area contributed by atoms with E-state index in [4.69, 9.17) is 9.47 Å². The van der Waals surface area contributed by atoms with Crippen molar-refractivity contribution in [2.24, 2.45) is 0 Å². The highest BCUT2D eigenvalue weighted by Gasteiger charge is 2.19. The van der Waals surface area contributed by atoms with Gasteiger partial charge in [-0.3, -0.25) is 0 Å². The second-order valence-electron chi connectivity index (χ2n) is 6.30. The molecule has 0 spiro atoms. The molecular formula is C20H23BrFNO2. The normalized spacial score (nSPS) is 14.7. The molecule has 2 aromatic rings. The maximum atomic E-state index is 13.9. The Kier molecular flexibility index (Phi) is 6.32. The molecule has 1 fully saturated rings. The molecule has 0 bridgehead atoms. The fourth-order valence-corrected chi connectivity index (χ4v) is 3.66. The summed E-state index contributed by atoms with van der Waals surface area (Å²) in [4.78, 5) is 0. The van der Waals surface area contributed by atoms with Crippen LogP contribution in [0.2, 0.25) is 0 Å². The fourth-order valence-electron chi connectivity index (χ4n) is 3.21. The molecule has 0 heterocycles. The van der Waals surface area contributed by atoms with Crippen LogP contribution in [0.3, 0.4) is 0 Å². The molecule has 0 radical (unpaired) electrons. The lowest BCUT2D eigenvalue weighted by Crippen LogP contribution is -2.25. The molecule has 2 aromatic carbocycles. The maximum Gasteiger partial charge on any atom is 0.167 e. The number of nitrogens with one attached hydrogen (secondary N) is 1. The van der Waals surface area contributed by atoms with Crippen LogP contribution in [0.4, 0.5) is 4.39 Å². The molecule has 1 aliphatic carbocycles. The summed E-state index contributed by atoms with van der Waals surface area (Å²) in [6.07, 6.45) is 5.00. The van der Waals surface area contributed by atoms with Crippen molar-refractivity contribution in [1.29, 1.82) is 0 Å². The highest BCUT2D eigenvalue weighted by atomic mass is 79.9. The van der Waals surface area contributed by atoms with Gasteiger partial charge in [0.15, 0.2) is 11.5 Å². The zero-order valence-electron chi connectivity index (χ0n) is 14.4. The first-order valence-corrected chi connectivity index (χ1v) is 9.43. The van der Waals surface area contributed by atoms with E-state index < -0.39 is 0 Å². The fraction of sp³-hybridized carbons (Fsp3) is 0.400. The van der Waals surface area contributed by atoms with Crippen LogP contribution in [0.25, 0.3) is 0 Å². The molecule has 1 N–H and O–H groups in total. The van der Waals surface area contributed by atoms with Crippen LogP contribution in [0, 0.1) is 5.82 Å². The smallest absolute Gasteiger partial charge is 0.167 e. The number of rotatable bonds is 7. The Hall–Kier alpha value is -1.59. The summed E-state index contributed by atoms with van der Waals surface area (Å²) in [5, 5.41) is 3.60. The van der Waals surface area contributed by atoms with Crippen molar-refractivity contribution >= 4 is 15.9 Å². The van der Waals surface area contributed by atoms with Gasteiger partial charge in [0.05, 0.1) is 7.11 Å². The molecule has 0 amide bonds. The van der Waals surface area contributed by atoms with E-state index in [0.717, 1.165) is 10.0 Å². The first-order valence-electron chi connectivity index (χ1n) is 8.64. The highest BCUT2D eigenvalue weighted by molar-refractivity contribution is 9.10. The van der Waals surface area contributed by atoms with Crippen LogP contribution in [-0.4, -0.2) is 13.2 Å². The molecule has 3 rings (SSSR count). The number of halogens is 2. The van der Waals surface area contributed by atoms with Crippen LogP contribution in [-0.2, 0) is 13.2 Å². The lowest BCUT2D eigenvalue weighted by Gasteiger charge is -2.19. The third kappa shape index (κ3) is 4.53. The minimum Gasteiger partial charge on any atom is -0.493 e. The highest BCUT2D eigenvalue weighted by Crippen LogP contribution is 2.37. The average molecular weight is 408 g/mol. The van der Waals surface area contributed by atoms with Gasteiger partial charge in [0.1, 0.15) is 12.4 Å². The van der Waals surface area contributed by atoms with Crippen molar-refractivity contribution in [1.82, 2.24) is 5.32 Å². The summed E-state index contributed by atoms with van der Waals surface area (Å²) in [6, 6.07) is 11.0. The van der Waals surface area contributed by atoms with E-state index in [9.17, 15) is 4.39 Å². The van der Waals surface area contributed by atoms with Gasteiger partial charge in [0, 0.05) is 28.2 Å². The summed E-state index contributed by atoms with van der Waals surface area (Å²) in [7, 11) is 1.62. The van der Waals surface area contributed by atoms with Gasteiger partial charge >= 0.3 is 0 Å². The van der Waals surface area contributed by atoms with Crippen LogP contribution >= 0.6 is 15.9 Å². The molecule has 0 unspecified atom stereocenters. The van der Waals surface area contributed by atoms with Crippen LogP contribution in [0.1, 0.15) is 36.8 Å². The second kappa shape index (κ2) is 8.68. The number of benzene rings is 2. The van der Waals surface area contributed by atoms with Gasteiger partial charge in [0.25, 0.3) is 0 Å². The van der Waals surface area contributed by atoms with Gasteiger partial charge in [-0.15, -0.1) is 0 Å². The number of methoxy groups -OCH3 is 1. The Balaban J connectivity index is 1.79. The Morgan fingerprint density at radius 3 is 2.64 bits per heavy atom. The third-order valence-corrected chi connectivity index (χ3v) is 5.38. The predicted molar refractivity (Wildman–Crippen MR) is 101 cm³/mol. The van der Waals surface area contributed by atoms with Gasteiger partial charge < -0.3 is 14.8 Å². The minimum atomic E-state index is -0.262. The number of hydrogen-bond donors (Lipinski definition) is 1.